The smallest absolute Gasteiger partial charge is 0.164 e. The van der Waals surface area contributed by atoms with Gasteiger partial charge in [0.25, 0.3) is 0 Å². The van der Waals surface area contributed by atoms with Gasteiger partial charge in [-0.2, -0.15) is 0 Å². The monoisotopic (exact) mass is 639 g/mol. The van der Waals surface area contributed by atoms with Crippen LogP contribution >= 0.6 is 0 Å². The van der Waals surface area contributed by atoms with E-state index in [-0.39, 0.29) is 0 Å². The molecule has 0 aliphatic heterocycles. The predicted octanol–water partition coefficient (Wildman–Crippen LogP) is 12.1. The molecule has 3 heterocycles. The van der Waals surface area contributed by atoms with Crippen molar-refractivity contribution in [2.75, 3.05) is 0 Å². The molecular weight excluding hydrogens is 615 g/mol. The molecule has 3 aromatic heterocycles. The highest BCUT2D eigenvalue weighted by Gasteiger charge is 2.17. The van der Waals surface area contributed by atoms with Gasteiger partial charge in [-0.1, -0.05) is 115 Å². The Bertz CT molecular complexity index is 3160. The first-order valence-corrected chi connectivity index (χ1v) is 16.7. The van der Waals surface area contributed by atoms with E-state index in [4.69, 9.17) is 23.8 Å². The number of rotatable bonds is 3. The minimum absolute atomic E-state index is 0.591. The van der Waals surface area contributed by atoms with Gasteiger partial charge in [0.15, 0.2) is 17.5 Å². The third-order valence-electron chi connectivity index (χ3n) is 9.89. The van der Waals surface area contributed by atoms with Crippen LogP contribution in [0.3, 0.4) is 0 Å². The SMILES string of the molecule is c1ccc(-c2nc(-c3ccc4c(ccc5ccc6ccc7c8ccccc8oc7c6c54)c3)nc(-c3ccc4c(c3)oc3ccccc34)n2)cc1. The van der Waals surface area contributed by atoms with E-state index in [1.807, 2.05) is 66.7 Å². The molecule has 5 nitrogen and oxygen atoms in total. The standard InChI is InChI=1S/C45H25N3O2/c1-2-8-28(9-3-1)43-46-44(48-45(47-43)31-20-22-35-33-10-4-6-12-37(33)49-39(35)25-31)30-19-21-32-29(24-30)17-16-26-14-15-27-18-23-36-34-11-5-7-13-38(34)50-42(36)41(27)40(26)32/h1-25H. The molecule has 0 bridgehead atoms. The minimum Gasteiger partial charge on any atom is -0.456 e. The average Bonchev–Trinajstić information content (AvgIpc) is 3.75. The topological polar surface area (TPSA) is 65.0 Å². The van der Waals surface area contributed by atoms with Crippen molar-refractivity contribution in [2.45, 2.75) is 0 Å². The van der Waals surface area contributed by atoms with Crippen molar-refractivity contribution >= 4 is 76.2 Å². The van der Waals surface area contributed by atoms with Crippen LogP contribution in [0.15, 0.2) is 160 Å². The molecule has 5 heteroatoms. The van der Waals surface area contributed by atoms with Crippen LogP contribution in [-0.2, 0) is 0 Å². The predicted molar refractivity (Wildman–Crippen MR) is 203 cm³/mol. The number of fused-ring (bicyclic) bond motifs is 12. The molecule has 232 valence electrons. The number of hydrogen-bond donors (Lipinski definition) is 0. The van der Waals surface area contributed by atoms with Crippen molar-refractivity contribution in [3.05, 3.63) is 152 Å². The van der Waals surface area contributed by atoms with Crippen LogP contribution in [0.25, 0.3) is 110 Å². The van der Waals surface area contributed by atoms with Crippen LogP contribution in [0, 0.1) is 0 Å². The number of furan rings is 2. The van der Waals surface area contributed by atoms with E-state index in [0.29, 0.717) is 17.5 Å². The summed E-state index contributed by atoms with van der Waals surface area (Å²) in [6, 6.07) is 52.2. The van der Waals surface area contributed by atoms with Gasteiger partial charge in [-0.05, 0) is 57.9 Å². The number of para-hydroxylation sites is 2. The van der Waals surface area contributed by atoms with Crippen molar-refractivity contribution in [2.24, 2.45) is 0 Å². The summed E-state index contributed by atoms with van der Waals surface area (Å²) in [5.41, 5.74) is 6.18. The molecule has 50 heavy (non-hydrogen) atoms. The van der Waals surface area contributed by atoms with Gasteiger partial charge >= 0.3 is 0 Å². The quantitative estimate of drug-likeness (QED) is 0.180. The molecule has 0 amide bonds. The zero-order chi connectivity index (χ0) is 32.8. The first-order chi connectivity index (χ1) is 24.7. The van der Waals surface area contributed by atoms with E-state index in [1.165, 1.54) is 10.8 Å². The van der Waals surface area contributed by atoms with Crippen molar-refractivity contribution in [1.82, 2.24) is 15.0 Å². The van der Waals surface area contributed by atoms with E-state index in [9.17, 15) is 0 Å². The van der Waals surface area contributed by atoms with Crippen molar-refractivity contribution < 1.29 is 8.83 Å². The van der Waals surface area contributed by atoms with Gasteiger partial charge < -0.3 is 8.83 Å². The van der Waals surface area contributed by atoms with Gasteiger partial charge in [-0.15, -0.1) is 0 Å². The summed E-state index contributed by atoms with van der Waals surface area (Å²) in [6.07, 6.45) is 0. The summed E-state index contributed by atoms with van der Waals surface area (Å²) in [4.78, 5) is 15.1. The largest absolute Gasteiger partial charge is 0.456 e. The molecule has 11 aromatic rings. The van der Waals surface area contributed by atoms with Crippen LogP contribution < -0.4 is 0 Å². The fourth-order valence-electron chi connectivity index (χ4n) is 7.50. The van der Waals surface area contributed by atoms with Crippen molar-refractivity contribution in [1.29, 1.82) is 0 Å². The van der Waals surface area contributed by atoms with Crippen LogP contribution in [0.1, 0.15) is 0 Å². The van der Waals surface area contributed by atoms with Gasteiger partial charge in [0.05, 0.1) is 0 Å². The fraction of sp³-hybridized carbons (Fsp3) is 0. The summed E-state index contributed by atoms with van der Waals surface area (Å²) in [6.45, 7) is 0. The lowest BCUT2D eigenvalue weighted by atomic mass is 9.94. The summed E-state index contributed by atoms with van der Waals surface area (Å²) in [7, 11) is 0. The summed E-state index contributed by atoms with van der Waals surface area (Å²) >= 11 is 0. The van der Waals surface area contributed by atoms with Gasteiger partial charge in [0.2, 0.25) is 0 Å². The lowest BCUT2D eigenvalue weighted by molar-refractivity contribution is 0.669. The normalized spacial score (nSPS) is 12.0. The number of nitrogens with zero attached hydrogens (tertiary/aromatic N) is 3. The molecule has 0 saturated carbocycles. The highest BCUT2D eigenvalue weighted by molar-refractivity contribution is 6.28. The number of aromatic nitrogens is 3. The molecule has 8 aromatic carbocycles. The molecule has 0 radical (unpaired) electrons. The Balaban J connectivity index is 1.12. The van der Waals surface area contributed by atoms with Gasteiger partial charge in [-0.3, -0.25) is 0 Å². The molecule has 0 unspecified atom stereocenters. The maximum Gasteiger partial charge on any atom is 0.164 e. The molecule has 0 atom stereocenters. The second-order valence-corrected chi connectivity index (χ2v) is 12.8. The fourth-order valence-corrected chi connectivity index (χ4v) is 7.50. The Labute approximate surface area is 285 Å². The van der Waals surface area contributed by atoms with E-state index in [2.05, 4.69) is 84.9 Å². The second kappa shape index (κ2) is 10.3. The maximum atomic E-state index is 6.54. The highest BCUT2D eigenvalue weighted by Crippen LogP contribution is 2.41. The lowest BCUT2D eigenvalue weighted by Gasteiger charge is -2.11. The summed E-state index contributed by atoms with van der Waals surface area (Å²) in [5.74, 6) is 1.82. The molecular formula is C45H25N3O2. The molecule has 11 rings (SSSR count). The molecule has 0 fully saturated rings. The summed E-state index contributed by atoms with van der Waals surface area (Å²) < 4.78 is 12.8. The first-order valence-electron chi connectivity index (χ1n) is 16.7. The van der Waals surface area contributed by atoms with Crippen molar-refractivity contribution in [3.63, 3.8) is 0 Å². The molecule has 0 saturated heterocycles. The van der Waals surface area contributed by atoms with Gasteiger partial charge in [-0.25, -0.2) is 15.0 Å². The molecule has 0 N–H and O–H groups in total. The van der Waals surface area contributed by atoms with Gasteiger partial charge in [0.1, 0.15) is 22.3 Å². The van der Waals surface area contributed by atoms with Crippen LogP contribution in [-0.4, -0.2) is 15.0 Å². The van der Waals surface area contributed by atoms with E-state index >= 15 is 0 Å². The van der Waals surface area contributed by atoms with E-state index in [0.717, 1.165) is 82.1 Å². The lowest BCUT2D eigenvalue weighted by Crippen LogP contribution is -2.00. The third kappa shape index (κ3) is 4.04. The van der Waals surface area contributed by atoms with E-state index in [1.54, 1.807) is 0 Å². The Morgan fingerprint density at radius 3 is 1.60 bits per heavy atom. The molecule has 0 spiro atoms. The van der Waals surface area contributed by atoms with Crippen LogP contribution in [0.5, 0.6) is 0 Å². The third-order valence-corrected chi connectivity index (χ3v) is 9.89. The Hall–Kier alpha value is -6.85. The molecule has 0 aliphatic carbocycles. The van der Waals surface area contributed by atoms with E-state index < -0.39 is 0 Å². The zero-order valence-corrected chi connectivity index (χ0v) is 26.6. The second-order valence-electron chi connectivity index (χ2n) is 12.8. The summed E-state index contributed by atoms with van der Waals surface area (Å²) in [5, 5.41) is 11.3. The molecule has 0 aliphatic rings. The zero-order valence-electron chi connectivity index (χ0n) is 26.6. The minimum atomic E-state index is 0.591. The Kier molecular flexibility index (Phi) is 5.60. The maximum absolute atomic E-state index is 6.54. The van der Waals surface area contributed by atoms with Crippen LogP contribution in [0.2, 0.25) is 0 Å². The van der Waals surface area contributed by atoms with Crippen LogP contribution in [0.4, 0.5) is 0 Å². The highest BCUT2D eigenvalue weighted by atomic mass is 16.3. The van der Waals surface area contributed by atoms with Gasteiger partial charge in [0, 0.05) is 49.0 Å². The average molecular weight is 640 g/mol. The van der Waals surface area contributed by atoms with Crippen molar-refractivity contribution in [3.8, 4) is 34.2 Å². The Morgan fingerprint density at radius 1 is 0.320 bits per heavy atom. The first kappa shape index (κ1) is 27.1. The number of hydrogen-bond acceptors (Lipinski definition) is 5. The number of benzene rings is 8. The Morgan fingerprint density at radius 2 is 0.840 bits per heavy atom.